The van der Waals surface area contributed by atoms with E-state index in [-0.39, 0.29) is 0 Å². The van der Waals surface area contributed by atoms with E-state index in [0.717, 1.165) is 24.0 Å². The molecule has 4 heteroatoms. The van der Waals surface area contributed by atoms with Crippen LogP contribution < -0.4 is 5.32 Å². The fourth-order valence-corrected chi connectivity index (χ4v) is 4.67. The second kappa shape index (κ2) is 23.3. The first-order chi connectivity index (χ1) is 17.8. The maximum atomic E-state index is 10.0. The van der Waals surface area contributed by atoms with Crippen LogP contribution in [0.15, 0.2) is 42.2 Å². The van der Waals surface area contributed by atoms with Gasteiger partial charge >= 0.3 is 0 Å². The molecule has 0 amide bonds. The van der Waals surface area contributed by atoms with Gasteiger partial charge in [0.15, 0.2) is 0 Å². The Morgan fingerprint density at radius 1 is 0.833 bits per heavy atom. The van der Waals surface area contributed by atoms with Gasteiger partial charge in [0.05, 0.1) is 6.54 Å². The van der Waals surface area contributed by atoms with Gasteiger partial charge in [0.25, 0.3) is 0 Å². The number of hydrogen-bond acceptors (Lipinski definition) is 3. The number of nitroso groups, excluding NO2 is 1. The van der Waals surface area contributed by atoms with E-state index in [1.165, 1.54) is 114 Å². The van der Waals surface area contributed by atoms with Crippen LogP contribution in [0.25, 0.3) is 10.9 Å². The number of rotatable bonds is 22. The molecule has 2 N–H and O–H groups in total. The van der Waals surface area contributed by atoms with Gasteiger partial charge in [-0.1, -0.05) is 121 Å². The van der Waals surface area contributed by atoms with Crippen LogP contribution in [0.3, 0.4) is 0 Å². The summed E-state index contributed by atoms with van der Waals surface area (Å²) in [6.07, 6.45) is 29.2. The number of H-pyrrole nitrogens is 1. The molecule has 0 aliphatic carbocycles. The summed E-state index contributed by atoms with van der Waals surface area (Å²) in [5.74, 6) is 0. The monoisotopic (exact) mass is 497 g/mol. The lowest BCUT2D eigenvalue weighted by Crippen LogP contribution is -2.03. The third kappa shape index (κ3) is 15.8. The van der Waals surface area contributed by atoms with Crippen molar-refractivity contribution in [2.24, 2.45) is 5.18 Å². The highest BCUT2D eigenvalue weighted by Crippen LogP contribution is 2.23. The number of nitrogens with zero attached hydrogens (tertiary/aromatic N) is 1. The Balaban J connectivity index is 0.000000361. The lowest BCUT2D eigenvalue weighted by Gasteiger charge is -2.04. The molecule has 0 bridgehead atoms. The zero-order chi connectivity index (χ0) is 26.1. The Morgan fingerprint density at radius 3 is 1.94 bits per heavy atom. The van der Waals surface area contributed by atoms with Crippen LogP contribution in [0.1, 0.15) is 129 Å². The van der Waals surface area contributed by atoms with E-state index in [9.17, 15) is 4.91 Å². The molecule has 0 aliphatic heterocycles. The van der Waals surface area contributed by atoms with Gasteiger partial charge in [-0.15, -0.1) is 6.58 Å². The molecule has 2 rings (SSSR count). The van der Waals surface area contributed by atoms with E-state index in [2.05, 4.69) is 54.2 Å². The normalized spacial score (nSPS) is 10.7. The molecule has 0 saturated carbocycles. The first-order valence-corrected chi connectivity index (χ1v) is 15.0. The Labute approximate surface area is 222 Å². The topological polar surface area (TPSA) is 57.2 Å². The fraction of sp³-hybridized carbons (Fsp3) is 0.688. The lowest BCUT2D eigenvalue weighted by atomic mass is 10.0. The molecule has 1 aromatic heterocycles. The number of hydrogen-bond donors (Lipinski definition) is 2. The number of aryl methyl sites for hydroxylation is 1. The van der Waals surface area contributed by atoms with E-state index in [1.54, 1.807) is 0 Å². The minimum absolute atomic E-state index is 0.299. The van der Waals surface area contributed by atoms with E-state index >= 15 is 0 Å². The number of fused-ring (bicyclic) bond motifs is 1. The van der Waals surface area contributed by atoms with Crippen molar-refractivity contribution >= 4 is 16.6 Å². The van der Waals surface area contributed by atoms with E-state index in [4.69, 9.17) is 0 Å². The largest absolute Gasteiger partial charge is 0.383 e. The summed E-state index contributed by atoms with van der Waals surface area (Å²) in [4.78, 5) is 13.3. The first-order valence-electron chi connectivity index (χ1n) is 15.0. The standard InChI is InChI=1S/C19H38.C13H17N3O/c1-3-5-7-9-11-13-15-17-19-18-16-14-12-10-8-6-4-2;1-2-3-10-9-15-13-5-4-11(8-12(10)13)14-6-7-16-17/h3H,1,4-19H2,2H3;4-5,8-9,14-15H,2-3,6-7H2,1H3. The highest BCUT2D eigenvalue weighted by atomic mass is 16.3. The van der Waals surface area contributed by atoms with E-state index in [1.807, 2.05) is 12.1 Å². The number of nitrogens with one attached hydrogen (secondary N) is 2. The second-order valence-corrected chi connectivity index (χ2v) is 10.1. The minimum Gasteiger partial charge on any atom is -0.383 e. The summed E-state index contributed by atoms with van der Waals surface area (Å²) in [5.41, 5.74) is 3.55. The zero-order valence-corrected chi connectivity index (χ0v) is 23.6. The van der Waals surface area contributed by atoms with Gasteiger partial charge in [0, 0.05) is 29.3 Å². The Kier molecular flexibility index (Phi) is 20.7. The molecule has 0 radical (unpaired) electrons. The average molecular weight is 498 g/mol. The molecule has 36 heavy (non-hydrogen) atoms. The maximum Gasteiger partial charge on any atom is 0.0983 e. The number of anilines is 1. The molecule has 0 fully saturated rings. The molecule has 1 heterocycles. The highest BCUT2D eigenvalue weighted by Gasteiger charge is 2.03. The van der Waals surface area contributed by atoms with Crippen LogP contribution in [0.2, 0.25) is 0 Å². The molecule has 0 saturated heterocycles. The molecule has 1 aromatic carbocycles. The van der Waals surface area contributed by atoms with Crippen molar-refractivity contribution in [3.05, 3.63) is 47.5 Å². The van der Waals surface area contributed by atoms with Crippen molar-refractivity contribution in [2.45, 2.75) is 129 Å². The molecular weight excluding hydrogens is 442 g/mol. The molecular formula is C32H55N3O. The fourth-order valence-electron chi connectivity index (χ4n) is 4.67. The first kappa shape index (κ1) is 31.9. The summed E-state index contributed by atoms with van der Waals surface area (Å²) in [7, 11) is 0. The van der Waals surface area contributed by atoms with Gasteiger partial charge in [-0.2, -0.15) is 4.91 Å². The van der Waals surface area contributed by atoms with Crippen LogP contribution >= 0.6 is 0 Å². The number of aromatic nitrogens is 1. The van der Waals surface area contributed by atoms with Gasteiger partial charge in [-0.05, 0) is 43.0 Å². The number of allylic oxidation sites excluding steroid dienone is 1. The van der Waals surface area contributed by atoms with Crippen LogP contribution in [-0.4, -0.2) is 18.1 Å². The molecule has 204 valence electrons. The van der Waals surface area contributed by atoms with Gasteiger partial charge < -0.3 is 10.3 Å². The average Bonchev–Trinajstić information content (AvgIpc) is 3.29. The van der Waals surface area contributed by atoms with Gasteiger partial charge in [-0.25, -0.2) is 0 Å². The third-order valence-electron chi connectivity index (χ3n) is 6.83. The van der Waals surface area contributed by atoms with Crippen LogP contribution in [-0.2, 0) is 6.42 Å². The van der Waals surface area contributed by atoms with Crippen molar-refractivity contribution in [1.82, 2.24) is 4.98 Å². The number of benzene rings is 1. The third-order valence-corrected chi connectivity index (χ3v) is 6.83. The quantitative estimate of drug-likeness (QED) is 0.0965. The number of aromatic amines is 1. The summed E-state index contributed by atoms with van der Waals surface area (Å²) in [6.45, 7) is 9.12. The predicted molar refractivity (Wildman–Crippen MR) is 161 cm³/mol. The molecule has 0 spiro atoms. The Hall–Kier alpha value is -2.10. The van der Waals surface area contributed by atoms with Crippen molar-refractivity contribution in [3.63, 3.8) is 0 Å². The Bertz CT molecular complexity index is 783. The molecule has 0 atom stereocenters. The van der Waals surface area contributed by atoms with Crippen LogP contribution in [0.5, 0.6) is 0 Å². The Morgan fingerprint density at radius 2 is 1.42 bits per heavy atom. The summed E-state index contributed by atoms with van der Waals surface area (Å²) >= 11 is 0. The van der Waals surface area contributed by atoms with Crippen LogP contribution in [0, 0.1) is 4.91 Å². The lowest BCUT2D eigenvalue weighted by molar-refractivity contribution is 0.533. The minimum atomic E-state index is 0.299. The molecule has 2 aromatic rings. The smallest absolute Gasteiger partial charge is 0.0983 e. The van der Waals surface area contributed by atoms with Crippen molar-refractivity contribution in [3.8, 4) is 0 Å². The van der Waals surface area contributed by atoms with Gasteiger partial charge in [0.1, 0.15) is 0 Å². The van der Waals surface area contributed by atoms with Crippen LogP contribution in [0.4, 0.5) is 5.69 Å². The summed E-state index contributed by atoms with van der Waals surface area (Å²) in [5, 5.41) is 7.28. The van der Waals surface area contributed by atoms with Crippen molar-refractivity contribution < 1.29 is 0 Å². The molecule has 0 unspecified atom stereocenters. The second-order valence-electron chi connectivity index (χ2n) is 10.1. The number of unbranched alkanes of at least 4 members (excludes halogenated alkanes) is 15. The molecule has 4 nitrogen and oxygen atoms in total. The predicted octanol–water partition coefficient (Wildman–Crippen LogP) is 10.7. The maximum absolute atomic E-state index is 10.0. The van der Waals surface area contributed by atoms with Crippen molar-refractivity contribution in [2.75, 3.05) is 18.4 Å². The van der Waals surface area contributed by atoms with Gasteiger partial charge in [0.2, 0.25) is 0 Å². The van der Waals surface area contributed by atoms with E-state index in [0.29, 0.717) is 13.1 Å². The van der Waals surface area contributed by atoms with E-state index < -0.39 is 0 Å². The highest BCUT2D eigenvalue weighted by molar-refractivity contribution is 5.86. The SMILES string of the molecule is C=CCCCCCCCCCCCCCCCCC.CCCc1c[nH]c2ccc(NCCN=O)cc12. The summed E-state index contributed by atoms with van der Waals surface area (Å²) in [6, 6.07) is 6.20. The molecule has 0 aliphatic rings. The van der Waals surface area contributed by atoms with Crippen molar-refractivity contribution in [1.29, 1.82) is 0 Å². The summed E-state index contributed by atoms with van der Waals surface area (Å²) < 4.78 is 0. The zero-order valence-electron chi connectivity index (χ0n) is 23.6. The van der Waals surface area contributed by atoms with Gasteiger partial charge in [-0.3, -0.25) is 0 Å².